The van der Waals surface area contributed by atoms with Gasteiger partial charge in [-0.3, -0.25) is 19.1 Å². The predicted octanol–water partition coefficient (Wildman–Crippen LogP) is 2.33. The number of carbonyl (C=O) groups excluding carboxylic acids is 1. The van der Waals surface area contributed by atoms with Crippen LogP contribution >= 0.6 is 11.3 Å². The van der Waals surface area contributed by atoms with E-state index in [4.69, 9.17) is 10.2 Å². The Bertz CT molecular complexity index is 1900. The van der Waals surface area contributed by atoms with Gasteiger partial charge in [0.2, 0.25) is 17.5 Å². The normalized spacial score (nSPS) is 14.1. The van der Waals surface area contributed by atoms with Crippen molar-refractivity contribution < 1.29 is 22.2 Å². The number of halogens is 2. The maximum absolute atomic E-state index is 14.8. The van der Waals surface area contributed by atoms with Gasteiger partial charge in [0.15, 0.2) is 17.1 Å². The highest BCUT2D eigenvalue weighted by Crippen LogP contribution is 2.27. The predicted molar refractivity (Wildman–Crippen MR) is 162 cm³/mol. The second kappa shape index (κ2) is 12.3. The Morgan fingerprint density at radius 3 is 2.66 bits per heavy atom. The summed E-state index contributed by atoms with van der Waals surface area (Å²) in [6.07, 6.45) is 1.99. The third-order valence-corrected chi connectivity index (χ3v) is 8.97. The van der Waals surface area contributed by atoms with E-state index in [0.29, 0.717) is 97.2 Å². The lowest BCUT2D eigenvalue weighted by Gasteiger charge is -2.36. The molecule has 1 aliphatic heterocycles. The highest BCUT2D eigenvalue weighted by molar-refractivity contribution is 7.65. The van der Waals surface area contributed by atoms with Crippen LogP contribution in [-0.4, -0.2) is 91.9 Å². The number of nitrogens with zero attached hydrogens (tertiary/aromatic N) is 8. The Hall–Kier alpha value is -4.35. The lowest BCUT2D eigenvalue weighted by Crippen LogP contribution is -2.47. The van der Waals surface area contributed by atoms with Gasteiger partial charge in [-0.25, -0.2) is 13.8 Å². The van der Waals surface area contributed by atoms with Crippen LogP contribution in [-0.2, 0) is 22.4 Å². The monoisotopic (exact) mass is 644 g/mol. The number of hydrogen-bond donors (Lipinski definition) is 1. The summed E-state index contributed by atoms with van der Waals surface area (Å²) in [5, 5.41) is 4.37. The van der Waals surface area contributed by atoms with E-state index < -0.39 is 17.5 Å². The lowest BCUT2D eigenvalue weighted by atomic mass is 10.1. The van der Waals surface area contributed by atoms with E-state index in [1.165, 1.54) is 28.8 Å². The number of amides is 1. The van der Waals surface area contributed by atoms with Crippen molar-refractivity contribution in [3.8, 4) is 11.6 Å². The van der Waals surface area contributed by atoms with Crippen LogP contribution in [0.1, 0.15) is 16.8 Å². The molecule has 4 aromatic heterocycles. The Balaban J connectivity index is 1.14. The number of piperazine rings is 1. The van der Waals surface area contributed by atoms with Gasteiger partial charge in [0.05, 0.1) is 17.5 Å². The molecule has 5 aromatic rings. The molecule has 0 spiro atoms. The van der Waals surface area contributed by atoms with Crippen LogP contribution in [0.4, 0.5) is 20.4 Å². The Labute approximate surface area is 257 Å². The molecule has 1 fully saturated rings. The largest absolute Gasteiger partial charge is 0.461 e. The van der Waals surface area contributed by atoms with E-state index in [2.05, 4.69) is 20.0 Å². The molecule has 6 rings (SSSR count). The van der Waals surface area contributed by atoms with Crippen LogP contribution in [0, 0.1) is 11.6 Å². The SMILES string of the molecule is CN(CCC[S+]=O)C(=O)c1cc(N2CCN(CCn3c(=O)sc4c3nc(N)n3nc(-c5ccco5)nc43)CC2)c(F)cc1F. The highest BCUT2D eigenvalue weighted by atomic mass is 32.1. The minimum absolute atomic E-state index is 0.0878. The molecule has 17 heteroatoms. The number of aromatic nitrogens is 5. The smallest absolute Gasteiger partial charge is 0.458 e. The number of fused-ring (bicyclic) bond motifs is 3. The molecule has 1 amide bonds. The number of benzene rings is 1. The van der Waals surface area contributed by atoms with Crippen molar-refractivity contribution >= 4 is 56.5 Å². The van der Waals surface area contributed by atoms with E-state index in [1.54, 1.807) is 21.6 Å². The molecular formula is C27H28F2N9O4S2+. The zero-order valence-electron chi connectivity index (χ0n) is 23.6. The second-order valence-electron chi connectivity index (χ2n) is 10.3. The molecule has 2 N–H and O–H groups in total. The van der Waals surface area contributed by atoms with Gasteiger partial charge in [-0.05, 0) is 18.2 Å². The molecule has 0 bridgehead atoms. The first-order chi connectivity index (χ1) is 21.2. The molecule has 0 atom stereocenters. The number of nitrogens with two attached hydrogens (primary N) is 1. The zero-order chi connectivity index (χ0) is 31.0. The van der Waals surface area contributed by atoms with Gasteiger partial charge in [-0.1, -0.05) is 11.3 Å². The maximum atomic E-state index is 14.8. The van der Waals surface area contributed by atoms with Crippen LogP contribution in [0.2, 0.25) is 0 Å². The molecule has 0 unspecified atom stereocenters. The third-order valence-electron chi connectivity index (χ3n) is 7.55. The summed E-state index contributed by atoms with van der Waals surface area (Å²) in [7, 11) is 1.53. The van der Waals surface area contributed by atoms with Gasteiger partial charge < -0.3 is 20.0 Å². The highest BCUT2D eigenvalue weighted by Gasteiger charge is 2.25. The standard InChI is InChI=1S/C27H28F2N9O4S2/c1-34(5-3-13-43-41)25(39)16-14-19(18(29)15-17(16)28)36-9-6-35(7-10-36)8-11-37-23-21(44-27(37)40)24-31-22(20-4-2-12-42-20)33-38(24)26(30)32-23/h2,4,12,14-15H,3,5-11,13H2,1H3,(H2,30,32)/q+1. The van der Waals surface area contributed by atoms with Crippen LogP contribution in [0.3, 0.4) is 0 Å². The Kier molecular flexibility index (Phi) is 8.33. The molecule has 0 aliphatic carbocycles. The fraction of sp³-hybridized carbons (Fsp3) is 0.370. The molecule has 44 heavy (non-hydrogen) atoms. The molecular weight excluding hydrogens is 616 g/mol. The summed E-state index contributed by atoms with van der Waals surface area (Å²) in [5.41, 5.74) is 6.95. The number of anilines is 2. The molecule has 0 radical (unpaired) electrons. The minimum atomic E-state index is -0.928. The Morgan fingerprint density at radius 2 is 1.93 bits per heavy atom. The van der Waals surface area contributed by atoms with Gasteiger partial charge in [-0.15, -0.1) is 5.10 Å². The van der Waals surface area contributed by atoms with E-state index in [-0.39, 0.29) is 22.1 Å². The number of furan rings is 1. The van der Waals surface area contributed by atoms with Crippen LogP contribution in [0.15, 0.2) is 39.7 Å². The maximum Gasteiger partial charge on any atom is 0.458 e. The first kappa shape index (κ1) is 29.7. The van der Waals surface area contributed by atoms with Gasteiger partial charge in [0.25, 0.3) is 5.91 Å². The molecule has 0 saturated carbocycles. The quantitative estimate of drug-likeness (QED) is 0.177. The minimum Gasteiger partial charge on any atom is -0.461 e. The van der Waals surface area contributed by atoms with Gasteiger partial charge >= 0.3 is 16.5 Å². The first-order valence-corrected chi connectivity index (χ1v) is 15.5. The van der Waals surface area contributed by atoms with Gasteiger partial charge in [0, 0.05) is 69.6 Å². The topological polar surface area (TPSA) is 148 Å². The van der Waals surface area contributed by atoms with Crippen molar-refractivity contribution in [2.75, 3.05) is 62.7 Å². The van der Waals surface area contributed by atoms with E-state index in [1.807, 2.05) is 0 Å². The lowest BCUT2D eigenvalue weighted by molar-refractivity contribution is 0.0790. The average molecular weight is 645 g/mol. The second-order valence-corrected chi connectivity index (χ2v) is 11.9. The summed E-state index contributed by atoms with van der Waals surface area (Å²) in [6, 6.07) is 5.45. The molecule has 1 aliphatic rings. The summed E-state index contributed by atoms with van der Waals surface area (Å²) in [5.74, 6) is -1.02. The number of carbonyl (C=O) groups is 1. The van der Waals surface area contributed by atoms with Crippen molar-refractivity contribution in [3.63, 3.8) is 0 Å². The number of thiazole rings is 1. The summed E-state index contributed by atoms with van der Waals surface area (Å²) < 4.78 is 49.0. The summed E-state index contributed by atoms with van der Waals surface area (Å²) >= 11 is 1.44. The van der Waals surface area contributed by atoms with Crippen LogP contribution in [0.25, 0.3) is 27.6 Å². The van der Waals surface area contributed by atoms with Crippen molar-refractivity contribution in [1.29, 1.82) is 0 Å². The van der Waals surface area contributed by atoms with E-state index in [0.717, 1.165) is 17.4 Å². The number of rotatable bonds is 10. The first-order valence-electron chi connectivity index (χ1n) is 13.8. The van der Waals surface area contributed by atoms with E-state index in [9.17, 15) is 22.6 Å². The molecule has 13 nitrogen and oxygen atoms in total. The summed E-state index contributed by atoms with van der Waals surface area (Å²) in [6.45, 7) is 3.15. The van der Waals surface area contributed by atoms with Gasteiger partial charge in [0.1, 0.15) is 16.3 Å². The van der Waals surface area contributed by atoms with Crippen LogP contribution < -0.4 is 15.5 Å². The van der Waals surface area contributed by atoms with Crippen molar-refractivity contribution in [1.82, 2.24) is 33.9 Å². The van der Waals surface area contributed by atoms with Crippen LogP contribution in [0.5, 0.6) is 0 Å². The van der Waals surface area contributed by atoms with Gasteiger partial charge in [-0.2, -0.15) is 9.50 Å². The molecule has 230 valence electrons. The van der Waals surface area contributed by atoms with E-state index >= 15 is 0 Å². The molecule has 5 heterocycles. The number of hydrogen-bond acceptors (Lipinski definition) is 11. The van der Waals surface area contributed by atoms with Crippen molar-refractivity contribution in [3.05, 3.63) is 57.4 Å². The summed E-state index contributed by atoms with van der Waals surface area (Å²) in [4.78, 5) is 39.8. The Morgan fingerprint density at radius 1 is 1.14 bits per heavy atom. The molecule has 1 aromatic carbocycles. The fourth-order valence-corrected chi connectivity index (χ4v) is 6.38. The average Bonchev–Trinajstić information content (AvgIpc) is 3.76. The van der Waals surface area contributed by atoms with Crippen molar-refractivity contribution in [2.24, 2.45) is 0 Å². The third kappa shape index (κ3) is 5.65. The zero-order valence-corrected chi connectivity index (χ0v) is 25.2. The number of nitrogen functional groups attached to an aromatic ring is 1. The van der Waals surface area contributed by atoms with Crippen molar-refractivity contribution in [2.45, 2.75) is 13.0 Å². The fourth-order valence-electron chi connectivity index (χ4n) is 5.20. The molecule has 1 saturated heterocycles.